The maximum Gasteiger partial charge on any atom is 0.151 e. The third-order valence-corrected chi connectivity index (χ3v) is 2.93. The number of aliphatic hydroxyl groups excluding tert-OH is 1. The highest BCUT2D eigenvalue weighted by Gasteiger charge is 2.03. The minimum absolute atomic E-state index is 0.0906. The van der Waals surface area contributed by atoms with Crippen molar-refractivity contribution >= 4 is 9.84 Å². The first-order chi connectivity index (χ1) is 7.01. The SMILES string of the molecule is CS(=O)(=O)Cc1ccc(CCCO)cc1. The van der Waals surface area contributed by atoms with Gasteiger partial charge in [0.25, 0.3) is 0 Å². The van der Waals surface area contributed by atoms with Crippen molar-refractivity contribution in [2.24, 2.45) is 0 Å². The van der Waals surface area contributed by atoms with Gasteiger partial charge in [-0.1, -0.05) is 24.3 Å². The highest BCUT2D eigenvalue weighted by molar-refractivity contribution is 7.89. The summed E-state index contributed by atoms with van der Waals surface area (Å²) in [5.41, 5.74) is 1.94. The van der Waals surface area contributed by atoms with Crippen molar-refractivity contribution in [3.05, 3.63) is 35.4 Å². The summed E-state index contributed by atoms with van der Waals surface area (Å²) in [6.45, 7) is 0.186. The van der Waals surface area contributed by atoms with E-state index in [2.05, 4.69) is 0 Å². The van der Waals surface area contributed by atoms with Crippen LogP contribution in [0.25, 0.3) is 0 Å². The summed E-state index contributed by atoms with van der Waals surface area (Å²) >= 11 is 0. The van der Waals surface area contributed by atoms with E-state index in [1.807, 2.05) is 24.3 Å². The van der Waals surface area contributed by atoms with E-state index in [0.717, 1.165) is 24.0 Å². The third-order valence-electron chi connectivity index (χ3n) is 2.08. The smallest absolute Gasteiger partial charge is 0.151 e. The zero-order chi connectivity index (χ0) is 11.3. The highest BCUT2D eigenvalue weighted by atomic mass is 32.2. The van der Waals surface area contributed by atoms with E-state index < -0.39 is 9.84 Å². The van der Waals surface area contributed by atoms with E-state index >= 15 is 0 Å². The van der Waals surface area contributed by atoms with Gasteiger partial charge >= 0.3 is 0 Å². The number of sulfone groups is 1. The first kappa shape index (κ1) is 12.2. The van der Waals surface area contributed by atoms with E-state index in [0.29, 0.717) is 0 Å². The van der Waals surface area contributed by atoms with Gasteiger partial charge in [-0.25, -0.2) is 8.42 Å². The van der Waals surface area contributed by atoms with Crippen LogP contribution in [0.2, 0.25) is 0 Å². The van der Waals surface area contributed by atoms with E-state index in [1.165, 1.54) is 6.26 Å². The number of aryl methyl sites for hydroxylation is 1. The first-order valence-electron chi connectivity index (χ1n) is 4.87. The first-order valence-corrected chi connectivity index (χ1v) is 6.94. The fourth-order valence-electron chi connectivity index (χ4n) is 1.39. The molecule has 0 amide bonds. The zero-order valence-corrected chi connectivity index (χ0v) is 9.63. The Kier molecular flexibility index (Phi) is 4.29. The van der Waals surface area contributed by atoms with Crippen LogP contribution in [0.5, 0.6) is 0 Å². The minimum Gasteiger partial charge on any atom is -0.396 e. The lowest BCUT2D eigenvalue weighted by atomic mass is 10.1. The van der Waals surface area contributed by atoms with Gasteiger partial charge < -0.3 is 5.11 Å². The van der Waals surface area contributed by atoms with Gasteiger partial charge in [0.15, 0.2) is 9.84 Å². The van der Waals surface area contributed by atoms with Gasteiger partial charge in [-0.15, -0.1) is 0 Å². The van der Waals surface area contributed by atoms with Crippen LogP contribution in [-0.2, 0) is 22.0 Å². The van der Waals surface area contributed by atoms with Gasteiger partial charge in [0, 0.05) is 12.9 Å². The summed E-state index contributed by atoms with van der Waals surface area (Å²) in [6.07, 6.45) is 2.80. The van der Waals surface area contributed by atoms with Gasteiger partial charge in [-0.05, 0) is 24.0 Å². The predicted molar refractivity (Wildman–Crippen MR) is 60.4 cm³/mol. The lowest BCUT2D eigenvalue weighted by Gasteiger charge is -2.02. The molecule has 4 heteroatoms. The van der Waals surface area contributed by atoms with Crippen LogP contribution in [-0.4, -0.2) is 26.4 Å². The molecule has 0 spiro atoms. The van der Waals surface area contributed by atoms with Crippen LogP contribution in [0, 0.1) is 0 Å². The van der Waals surface area contributed by atoms with Gasteiger partial charge in [-0.2, -0.15) is 0 Å². The molecule has 0 radical (unpaired) electrons. The van der Waals surface area contributed by atoms with Crippen LogP contribution in [0.3, 0.4) is 0 Å². The molecule has 1 rings (SSSR count). The molecule has 0 unspecified atom stereocenters. The maximum absolute atomic E-state index is 11.0. The fourth-order valence-corrected chi connectivity index (χ4v) is 2.19. The van der Waals surface area contributed by atoms with Crippen molar-refractivity contribution in [3.8, 4) is 0 Å². The summed E-state index contributed by atoms with van der Waals surface area (Å²) < 4.78 is 22.0. The molecule has 0 fully saturated rings. The zero-order valence-electron chi connectivity index (χ0n) is 8.81. The van der Waals surface area contributed by atoms with Gasteiger partial charge in [0.2, 0.25) is 0 Å². The summed E-state index contributed by atoms with van der Waals surface area (Å²) in [5.74, 6) is 0.0906. The Hall–Kier alpha value is -0.870. The summed E-state index contributed by atoms with van der Waals surface area (Å²) in [4.78, 5) is 0. The molecule has 3 nitrogen and oxygen atoms in total. The third kappa shape index (κ3) is 4.95. The topological polar surface area (TPSA) is 54.4 Å². The Bertz CT molecular complexity index is 392. The average molecular weight is 228 g/mol. The normalized spacial score (nSPS) is 11.6. The molecule has 0 aliphatic rings. The Morgan fingerprint density at radius 2 is 1.67 bits per heavy atom. The summed E-state index contributed by atoms with van der Waals surface area (Å²) in [5, 5.41) is 8.66. The average Bonchev–Trinajstić information content (AvgIpc) is 2.14. The van der Waals surface area contributed by atoms with Crippen LogP contribution in [0.4, 0.5) is 0 Å². The monoisotopic (exact) mass is 228 g/mol. The quantitative estimate of drug-likeness (QED) is 0.822. The molecule has 0 saturated carbocycles. The molecule has 1 N–H and O–H groups in total. The second kappa shape index (κ2) is 5.28. The minimum atomic E-state index is -2.95. The lowest BCUT2D eigenvalue weighted by molar-refractivity contribution is 0.288. The molecular formula is C11H16O3S. The molecule has 1 aromatic carbocycles. The summed E-state index contributed by atoms with van der Waals surface area (Å²) in [7, 11) is -2.95. The highest BCUT2D eigenvalue weighted by Crippen LogP contribution is 2.09. The molecule has 84 valence electrons. The fraction of sp³-hybridized carbons (Fsp3) is 0.455. The van der Waals surface area contributed by atoms with Crippen molar-refractivity contribution in [1.29, 1.82) is 0 Å². The molecule has 0 heterocycles. The van der Waals surface area contributed by atoms with E-state index in [1.54, 1.807) is 0 Å². The van der Waals surface area contributed by atoms with Crippen LogP contribution >= 0.6 is 0 Å². The molecule has 0 aliphatic heterocycles. The number of hydrogen-bond acceptors (Lipinski definition) is 3. The van der Waals surface area contributed by atoms with E-state index in [4.69, 9.17) is 5.11 Å². The molecule has 0 aliphatic carbocycles. The standard InChI is InChI=1S/C11H16O3S/c1-15(13,14)9-11-6-4-10(5-7-11)3-2-8-12/h4-7,12H,2-3,8-9H2,1H3. The number of hydrogen-bond donors (Lipinski definition) is 1. The van der Waals surface area contributed by atoms with Crippen molar-refractivity contribution < 1.29 is 13.5 Å². The largest absolute Gasteiger partial charge is 0.396 e. The van der Waals surface area contributed by atoms with Crippen LogP contribution in [0.1, 0.15) is 17.5 Å². The number of aliphatic hydroxyl groups is 1. The van der Waals surface area contributed by atoms with E-state index in [9.17, 15) is 8.42 Å². The Morgan fingerprint density at radius 3 is 2.13 bits per heavy atom. The van der Waals surface area contributed by atoms with Crippen molar-refractivity contribution in [3.63, 3.8) is 0 Å². The molecule has 0 atom stereocenters. The molecule has 0 aromatic heterocycles. The number of benzene rings is 1. The van der Waals surface area contributed by atoms with Crippen molar-refractivity contribution in [1.82, 2.24) is 0 Å². The molecule has 0 bridgehead atoms. The molecule has 15 heavy (non-hydrogen) atoms. The lowest BCUT2D eigenvalue weighted by Crippen LogP contribution is -2.00. The Labute approximate surface area is 90.7 Å². The van der Waals surface area contributed by atoms with Gasteiger partial charge in [0.1, 0.15) is 0 Å². The van der Waals surface area contributed by atoms with Gasteiger partial charge in [-0.3, -0.25) is 0 Å². The predicted octanol–water partition coefficient (Wildman–Crippen LogP) is 1.16. The van der Waals surface area contributed by atoms with Crippen molar-refractivity contribution in [2.75, 3.05) is 12.9 Å². The maximum atomic E-state index is 11.0. The van der Waals surface area contributed by atoms with Crippen LogP contribution < -0.4 is 0 Å². The molecule has 0 saturated heterocycles. The second-order valence-corrected chi connectivity index (χ2v) is 5.85. The molecule has 1 aromatic rings. The van der Waals surface area contributed by atoms with E-state index in [-0.39, 0.29) is 12.4 Å². The Balaban J connectivity index is 2.64. The molecular weight excluding hydrogens is 212 g/mol. The summed E-state index contributed by atoms with van der Waals surface area (Å²) in [6, 6.07) is 7.48. The van der Waals surface area contributed by atoms with Crippen LogP contribution in [0.15, 0.2) is 24.3 Å². The van der Waals surface area contributed by atoms with Gasteiger partial charge in [0.05, 0.1) is 5.75 Å². The Morgan fingerprint density at radius 1 is 1.13 bits per heavy atom. The number of rotatable bonds is 5. The van der Waals surface area contributed by atoms with Crippen molar-refractivity contribution in [2.45, 2.75) is 18.6 Å². The second-order valence-electron chi connectivity index (χ2n) is 3.71.